The van der Waals surface area contributed by atoms with E-state index < -0.39 is 0 Å². The molecule has 4 nitrogen and oxygen atoms in total. The van der Waals surface area contributed by atoms with Crippen LogP contribution in [0, 0.1) is 5.92 Å². The molecule has 1 atom stereocenters. The highest BCUT2D eigenvalue weighted by Gasteiger charge is 2.20. The lowest BCUT2D eigenvalue weighted by Gasteiger charge is -2.19. The molecule has 2 heterocycles. The van der Waals surface area contributed by atoms with E-state index in [4.69, 9.17) is 0 Å². The standard InChI is InChI=1S/C12H17N3O/c1-10-4-3-8-15(9-6-10)12(16)11-5-2-7-13-14-11/h2,5,7,10H,3-4,6,8-9H2,1H3. The van der Waals surface area contributed by atoms with E-state index in [9.17, 15) is 4.79 Å². The van der Waals surface area contributed by atoms with Crippen LogP contribution in [0.15, 0.2) is 18.3 Å². The maximum absolute atomic E-state index is 12.1. The molecular formula is C12H17N3O. The fourth-order valence-electron chi connectivity index (χ4n) is 2.04. The second-order valence-electron chi connectivity index (χ2n) is 4.44. The van der Waals surface area contributed by atoms with Crippen LogP contribution in [-0.2, 0) is 0 Å². The van der Waals surface area contributed by atoms with E-state index in [1.807, 2.05) is 4.90 Å². The van der Waals surface area contributed by atoms with Gasteiger partial charge in [-0.2, -0.15) is 5.10 Å². The third-order valence-electron chi connectivity index (χ3n) is 3.10. The maximum Gasteiger partial charge on any atom is 0.274 e. The summed E-state index contributed by atoms with van der Waals surface area (Å²) in [6.07, 6.45) is 4.98. The van der Waals surface area contributed by atoms with Crippen molar-refractivity contribution in [2.75, 3.05) is 13.1 Å². The molecule has 0 spiro atoms. The Morgan fingerprint density at radius 1 is 1.44 bits per heavy atom. The van der Waals surface area contributed by atoms with Crippen LogP contribution in [0.3, 0.4) is 0 Å². The predicted molar refractivity (Wildman–Crippen MR) is 61.0 cm³/mol. The third-order valence-corrected chi connectivity index (χ3v) is 3.10. The lowest BCUT2D eigenvalue weighted by Crippen LogP contribution is -2.32. The van der Waals surface area contributed by atoms with Crippen LogP contribution < -0.4 is 0 Å². The minimum Gasteiger partial charge on any atom is -0.337 e. The van der Waals surface area contributed by atoms with Gasteiger partial charge in [0.2, 0.25) is 0 Å². The van der Waals surface area contributed by atoms with Crippen molar-refractivity contribution in [1.82, 2.24) is 15.1 Å². The molecule has 1 unspecified atom stereocenters. The van der Waals surface area contributed by atoms with E-state index in [1.165, 1.54) is 6.42 Å². The van der Waals surface area contributed by atoms with E-state index in [-0.39, 0.29) is 5.91 Å². The van der Waals surface area contributed by atoms with Crippen LogP contribution in [0.5, 0.6) is 0 Å². The molecule has 0 N–H and O–H groups in total. The number of carbonyl (C=O) groups excluding carboxylic acids is 1. The highest BCUT2D eigenvalue weighted by Crippen LogP contribution is 2.17. The van der Waals surface area contributed by atoms with Crippen molar-refractivity contribution in [3.8, 4) is 0 Å². The monoisotopic (exact) mass is 219 g/mol. The van der Waals surface area contributed by atoms with Gasteiger partial charge in [-0.15, -0.1) is 5.10 Å². The summed E-state index contributed by atoms with van der Waals surface area (Å²) in [5.74, 6) is 0.738. The molecule has 0 bridgehead atoms. The van der Waals surface area contributed by atoms with Crippen molar-refractivity contribution in [1.29, 1.82) is 0 Å². The van der Waals surface area contributed by atoms with E-state index in [1.54, 1.807) is 18.3 Å². The van der Waals surface area contributed by atoms with Gasteiger partial charge in [0.1, 0.15) is 0 Å². The van der Waals surface area contributed by atoms with Gasteiger partial charge < -0.3 is 4.90 Å². The summed E-state index contributed by atoms with van der Waals surface area (Å²) in [6, 6.07) is 3.48. The first-order chi connectivity index (χ1) is 7.77. The summed E-state index contributed by atoms with van der Waals surface area (Å²) in [6.45, 7) is 3.94. The summed E-state index contributed by atoms with van der Waals surface area (Å²) in [5, 5.41) is 7.60. The van der Waals surface area contributed by atoms with Crippen LogP contribution in [0.25, 0.3) is 0 Å². The molecule has 0 radical (unpaired) electrons. The maximum atomic E-state index is 12.1. The van der Waals surface area contributed by atoms with E-state index >= 15 is 0 Å². The van der Waals surface area contributed by atoms with Crippen molar-refractivity contribution in [3.05, 3.63) is 24.0 Å². The number of hydrogen-bond acceptors (Lipinski definition) is 3. The Hall–Kier alpha value is -1.45. The van der Waals surface area contributed by atoms with E-state index in [2.05, 4.69) is 17.1 Å². The van der Waals surface area contributed by atoms with Crippen molar-refractivity contribution in [2.24, 2.45) is 5.92 Å². The molecule has 2 rings (SSSR count). The van der Waals surface area contributed by atoms with Crippen LogP contribution in [0.2, 0.25) is 0 Å². The number of rotatable bonds is 1. The highest BCUT2D eigenvalue weighted by atomic mass is 16.2. The predicted octanol–water partition coefficient (Wildman–Crippen LogP) is 1.74. The van der Waals surface area contributed by atoms with Gasteiger partial charge >= 0.3 is 0 Å². The van der Waals surface area contributed by atoms with Crippen molar-refractivity contribution >= 4 is 5.91 Å². The van der Waals surface area contributed by atoms with Crippen molar-refractivity contribution in [2.45, 2.75) is 26.2 Å². The normalized spacial score (nSPS) is 21.6. The van der Waals surface area contributed by atoms with Gasteiger partial charge in [-0.25, -0.2) is 0 Å². The number of carbonyl (C=O) groups is 1. The number of amides is 1. The molecule has 1 aromatic heterocycles. The number of hydrogen-bond donors (Lipinski definition) is 0. The molecule has 16 heavy (non-hydrogen) atoms. The summed E-state index contributed by atoms with van der Waals surface area (Å²) in [5.41, 5.74) is 0.456. The molecular weight excluding hydrogens is 202 g/mol. The third kappa shape index (κ3) is 2.56. The first kappa shape index (κ1) is 11.0. The molecule has 0 saturated carbocycles. The molecule has 1 aromatic rings. The molecule has 1 aliphatic heterocycles. The summed E-state index contributed by atoms with van der Waals surface area (Å²) in [7, 11) is 0. The molecule has 86 valence electrons. The van der Waals surface area contributed by atoms with Crippen molar-refractivity contribution in [3.63, 3.8) is 0 Å². The van der Waals surface area contributed by atoms with E-state index in [0.717, 1.165) is 31.8 Å². The number of likely N-dealkylation sites (tertiary alicyclic amines) is 1. The lowest BCUT2D eigenvalue weighted by atomic mass is 10.0. The molecule has 1 aliphatic rings. The largest absolute Gasteiger partial charge is 0.337 e. The number of nitrogens with zero attached hydrogens (tertiary/aromatic N) is 3. The van der Waals surface area contributed by atoms with E-state index in [0.29, 0.717) is 5.69 Å². The Kier molecular flexibility index (Phi) is 3.49. The average molecular weight is 219 g/mol. The Morgan fingerprint density at radius 2 is 2.31 bits per heavy atom. The average Bonchev–Trinajstić information content (AvgIpc) is 2.54. The quantitative estimate of drug-likeness (QED) is 0.722. The minimum absolute atomic E-state index is 0.0159. The van der Waals surface area contributed by atoms with Crippen LogP contribution in [0.1, 0.15) is 36.7 Å². The van der Waals surface area contributed by atoms with Crippen molar-refractivity contribution < 1.29 is 4.79 Å². The second kappa shape index (κ2) is 5.05. The zero-order valence-corrected chi connectivity index (χ0v) is 9.59. The summed E-state index contributed by atoms with van der Waals surface area (Å²) >= 11 is 0. The van der Waals surface area contributed by atoms with Crippen LogP contribution in [-0.4, -0.2) is 34.1 Å². The van der Waals surface area contributed by atoms with Gasteiger partial charge in [-0.1, -0.05) is 6.92 Å². The lowest BCUT2D eigenvalue weighted by molar-refractivity contribution is 0.0753. The van der Waals surface area contributed by atoms with Crippen LogP contribution in [0.4, 0.5) is 0 Å². The highest BCUT2D eigenvalue weighted by molar-refractivity contribution is 5.92. The fourth-order valence-corrected chi connectivity index (χ4v) is 2.04. The van der Waals surface area contributed by atoms with Gasteiger partial charge in [-0.05, 0) is 37.3 Å². The Bertz CT molecular complexity index is 353. The number of aromatic nitrogens is 2. The molecule has 1 saturated heterocycles. The summed E-state index contributed by atoms with van der Waals surface area (Å²) in [4.78, 5) is 14.0. The van der Waals surface area contributed by atoms with Crippen LogP contribution >= 0.6 is 0 Å². The van der Waals surface area contributed by atoms with Gasteiger partial charge in [0, 0.05) is 19.3 Å². The van der Waals surface area contributed by atoms with Gasteiger partial charge in [0.25, 0.3) is 5.91 Å². The first-order valence-electron chi connectivity index (χ1n) is 5.84. The molecule has 0 aromatic carbocycles. The molecule has 0 aliphatic carbocycles. The molecule has 4 heteroatoms. The van der Waals surface area contributed by atoms with Gasteiger partial charge in [-0.3, -0.25) is 4.79 Å². The smallest absolute Gasteiger partial charge is 0.274 e. The first-order valence-corrected chi connectivity index (χ1v) is 5.84. The van der Waals surface area contributed by atoms with Gasteiger partial charge in [0.05, 0.1) is 0 Å². The zero-order chi connectivity index (χ0) is 11.4. The SMILES string of the molecule is CC1CCCN(C(=O)c2cccnn2)CC1. The zero-order valence-electron chi connectivity index (χ0n) is 9.59. The molecule has 1 amide bonds. The van der Waals surface area contributed by atoms with Gasteiger partial charge in [0.15, 0.2) is 5.69 Å². The Balaban J connectivity index is 2.04. The Labute approximate surface area is 95.7 Å². The minimum atomic E-state index is 0.0159. The fraction of sp³-hybridized carbons (Fsp3) is 0.583. The summed E-state index contributed by atoms with van der Waals surface area (Å²) < 4.78 is 0. The Morgan fingerprint density at radius 3 is 3.06 bits per heavy atom. The molecule has 1 fully saturated rings. The topological polar surface area (TPSA) is 46.1 Å². The second-order valence-corrected chi connectivity index (χ2v) is 4.44.